The summed E-state index contributed by atoms with van der Waals surface area (Å²) in [5.74, 6) is -0.497. The molecule has 1 aromatic heterocycles. The average molecular weight is 417 g/mol. The molecule has 0 radical (unpaired) electrons. The summed E-state index contributed by atoms with van der Waals surface area (Å²) in [6.07, 6.45) is -0.0272. The molecular weight excluding hydrogens is 402 g/mol. The van der Waals surface area contributed by atoms with Crippen LogP contribution in [0.4, 0.5) is 10.3 Å². The Hall–Kier alpha value is -2.70. The van der Waals surface area contributed by atoms with Gasteiger partial charge >= 0.3 is 0 Å². The predicted molar refractivity (Wildman–Crippen MR) is 106 cm³/mol. The summed E-state index contributed by atoms with van der Waals surface area (Å²) >= 11 is 12.3. The zero-order valence-corrected chi connectivity index (χ0v) is 16.1. The number of carbonyl (C=O) groups is 1. The van der Waals surface area contributed by atoms with E-state index in [4.69, 9.17) is 28.9 Å². The van der Waals surface area contributed by atoms with Crippen LogP contribution >= 0.6 is 23.2 Å². The number of anilines is 1. The molecule has 0 saturated heterocycles. The van der Waals surface area contributed by atoms with Crippen LogP contribution in [0.1, 0.15) is 16.8 Å². The van der Waals surface area contributed by atoms with Crippen molar-refractivity contribution in [2.75, 3.05) is 5.73 Å². The summed E-state index contributed by atoms with van der Waals surface area (Å²) in [5.41, 5.74) is 8.91. The third kappa shape index (κ3) is 3.53. The first-order valence-corrected chi connectivity index (χ1v) is 9.30. The maximum absolute atomic E-state index is 13.9. The van der Waals surface area contributed by atoms with Gasteiger partial charge in [0.2, 0.25) is 11.9 Å². The Morgan fingerprint density at radius 2 is 1.93 bits per heavy atom. The standard InChI is InChI=1S/C20H15Cl2FN4O/c21-12-5-6-13(15(22)8-12)19-14-9-27(10-17(14)25-20(24)26-19)18(28)7-11-3-1-2-4-16(11)23/h1-6,8H,7,9-10H2,(H2,24,25,26). The maximum atomic E-state index is 13.9. The first kappa shape index (κ1) is 18.7. The first-order chi connectivity index (χ1) is 13.4. The van der Waals surface area contributed by atoms with Crippen LogP contribution in [0.25, 0.3) is 11.3 Å². The predicted octanol–water partition coefficient (Wildman–Crippen LogP) is 4.26. The molecule has 1 aliphatic heterocycles. The number of amides is 1. The van der Waals surface area contributed by atoms with E-state index in [2.05, 4.69) is 9.97 Å². The average Bonchev–Trinajstić information content (AvgIpc) is 3.07. The lowest BCUT2D eigenvalue weighted by Gasteiger charge is -2.15. The molecule has 4 rings (SSSR count). The van der Waals surface area contributed by atoms with Gasteiger partial charge in [-0.15, -0.1) is 0 Å². The topological polar surface area (TPSA) is 72.1 Å². The lowest BCUT2D eigenvalue weighted by Crippen LogP contribution is -2.27. The molecule has 0 unspecified atom stereocenters. The van der Waals surface area contributed by atoms with Crippen molar-refractivity contribution in [3.8, 4) is 11.3 Å². The van der Waals surface area contributed by atoms with E-state index in [1.54, 1.807) is 41.3 Å². The van der Waals surface area contributed by atoms with E-state index in [1.807, 2.05) is 0 Å². The molecule has 5 nitrogen and oxygen atoms in total. The lowest BCUT2D eigenvalue weighted by atomic mass is 10.1. The largest absolute Gasteiger partial charge is 0.368 e. The van der Waals surface area contributed by atoms with Gasteiger partial charge in [0.1, 0.15) is 5.82 Å². The smallest absolute Gasteiger partial charge is 0.227 e. The van der Waals surface area contributed by atoms with Gasteiger partial charge in [0, 0.05) is 16.1 Å². The fourth-order valence-electron chi connectivity index (χ4n) is 3.27. The molecule has 3 aromatic rings. The number of hydrogen-bond donors (Lipinski definition) is 1. The third-order valence-corrected chi connectivity index (χ3v) is 5.19. The number of nitrogens with zero attached hydrogens (tertiary/aromatic N) is 3. The fourth-order valence-corrected chi connectivity index (χ4v) is 3.77. The van der Waals surface area contributed by atoms with Crippen molar-refractivity contribution in [1.82, 2.24) is 14.9 Å². The molecule has 1 aliphatic rings. The van der Waals surface area contributed by atoms with Gasteiger partial charge in [-0.2, -0.15) is 0 Å². The SMILES string of the molecule is Nc1nc2c(c(-c3ccc(Cl)cc3Cl)n1)CN(C(=O)Cc1ccccc1F)C2. The van der Waals surface area contributed by atoms with Crippen molar-refractivity contribution in [3.63, 3.8) is 0 Å². The van der Waals surface area contributed by atoms with Crippen molar-refractivity contribution >= 4 is 35.1 Å². The number of benzene rings is 2. The first-order valence-electron chi connectivity index (χ1n) is 8.54. The van der Waals surface area contributed by atoms with Gasteiger partial charge in [-0.05, 0) is 29.8 Å². The summed E-state index contributed by atoms with van der Waals surface area (Å²) in [6, 6.07) is 11.3. The van der Waals surface area contributed by atoms with Crippen LogP contribution in [-0.2, 0) is 24.3 Å². The van der Waals surface area contributed by atoms with E-state index >= 15 is 0 Å². The van der Waals surface area contributed by atoms with Gasteiger partial charge in [0.05, 0.1) is 35.9 Å². The van der Waals surface area contributed by atoms with Crippen molar-refractivity contribution in [1.29, 1.82) is 0 Å². The minimum atomic E-state index is -0.398. The minimum absolute atomic E-state index is 0.0272. The van der Waals surface area contributed by atoms with Crippen LogP contribution < -0.4 is 5.73 Å². The highest BCUT2D eigenvalue weighted by molar-refractivity contribution is 6.36. The molecule has 0 atom stereocenters. The molecular formula is C20H15Cl2FN4O. The molecule has 0 fully saturated rings. The van der Waals surface area contributed by atoms with Crippen molar-refractivity contribution in [2.45, 2.75) is 19.5 Å². The minimum Gasteiger partial charge on any atom is -0.368 e. The van der Waals surface area contributed by atoms with Crippen molar-refractivity contribution in [2.24, 2.45) is 0 Å². The molecule has 0 saturated carbocycles. The monoisotopic (exact) mass is 416 g/mol. The number of aromatic nitrogens is 2. The van der Waals surface area contributed by atoms with Crippen molar-refractivity contribution < 1.29 is 9.18 Å². The second-order valence-electron chi connectivity index (χ2n) is 6.50. The lowest BCUT2D eigenvalue weighted by molar-refractivity contribution is -0.131. The van der Waals surface area contributed by atoms with Gasteiger partial charge in [-0.1, -0.05) is 41.4 Å². The summed E-state index contributed by atoms with van der Waals surface area (Å²) < 4.78 is 13.9. The van der Waals surface area contributed by atoms with Crippen LogP contribution in [-0.4, -0.2) is 20.8 Å². The number of hydrogen-bond acceptors (Lipinski definition) is 4. The van der Waals surface area contributed by atoms with E-state index < -0.39 is 5.82 Å². The molecule has 1 amide bonds. The molecule has 8 heteroatoms. The van der Waals surface area contributed by atoms with Crippen LogP contribution in [0.3, 0.4) is 0 Å². The highest BCUT2D eigenvalue weighted by atomic mass is 35.5. The highest BCUT2D eigenvalue weighted by Crippen LogP contribution is 2.36. The molecule has 2 heterocycles. The molecule has 2 aromatic carbocycles. The van der Waals surface area contributed by atoms with E-state index in [1.165, 1.54) is 6.07 Å². The molecule has 142 valence electrons. The van der Waals surface area contributed by atoms with Gasteiger partial charge in [-0.25, -0.2) is 14.4 Å². The third-order valence-electron chi connectivity index (χ3n) is 4.64. The second kappa shape index (κ2) is 7.37. The van der Waals surface area contributed by atoms with E-state index in [9.17, 15) is 9.18 Å². The second-order valence-corrected chi connectivity index (χ2v) is 7.34. The molecule has 0 bridgehead atoms. The number of carbonyl (C=O) groups excluding carboxylic acids is 1. The summed E-state index contributed by atoms with van der Waals surface area (Å²) in [4.78, 5) is 22.9. The Kier molecular flexibility index (Phi) is 4.91. The zero-order chi connectivity index (χ0) is 19.8. The highest BCUT2D eigenvalue weighted by Gasteiger charge is 2.29. The normalized spacial score (nSPS) is 12.9. The zero-order valence-electron chi connectivity index (χ0n) is 14.6. The van der Waals surface area contributed by atoms with E-state index in [-0.39, 0.29) is 24.8 Å². The number of rotatable bonds is 3. The van der Waals surface area contributed by atoms with Crippen LogP contribution in [0.15, 0.2) is 42.5 Å². The Morgan fingerprint density at radius 1 is 1.14 bits per heavy atom. The number of nitrogens with two attached hydrogens (primary N) is 1. The van der Waals surface area contributed by atoms with Crippen LogP contribution in [0, 0.1) is 5.82 Å². The summed E-state index contributed by atoms with van der Waals surface area (Å²) in [5, 5.41) is 0.943. The Bertz CT molecular complexity index is 1090. The van der Waals surface area contributed by atoms with Crippen LogP contribution in [0.2, 0.25) is 10.0 Å². The van der Waals surface area contributed by atoms with E-state index in [0.29, 0.717) is 39.1 Å². The number of fused-ring (bicyclic) bond motifs is 1. The Balaban J connectivity index is 1.64. The van der Waals surface area contributed by atoms with Gasteiger partial charge < -0.3 is 10.6 Å². The Morgan fingerprint density at radius 3 is 2.68 bits per heavy atom. The van der Waals surface area contributed by atoms with Gasteiger partial charge in [-0.3, -0.25) is 4.79 Å². The molecule has 2 N–H and O–H groups in total. The number of halogens is 3. The molecule has 0 aliphatic carbocycles. The Labute approximate surface area is 170 Å². The fraction of sp³-hybridized carbons (Fsp3) is 0.150. The summed E-state index contributed by atoms with van der Waals surface area (Å²) in [7, 11) is 0. The number of nitrogen functional groups attached to an aromatic ring is 1. The summed E-state index contributed by atoms with van der Waals surface area (Å²) in [6.45, 7) is 0.588. The maximum Gasteiger partial charge on any atom is 0.227 e. The van der Waals surface area contributed by atoms with Gasteiger partial charge in [0.25, 0.3) is 0 Å². The van der Waals surface area contributed by atoms with E-state index in [0.717, 1.165) is 5.56 Å². The van der Waals surface area contributed by atoms with Gasteiger partial charge in [0.15, 0.2) is 0 Å². The quantitative estimate of drug-likeness (QED) is 0.692. The molecule has 28 heavy (non-hydrogen) atoms. The van der Waals surface area contributed by atoms with Crippen LogP contribution in [0.5, 0.6) is 0 Å². The van der Waals surface area contributed by atoms with Crippen molar-refractivity contribution in [3.05, 3.63) is 75.1 Å². The molecule has 0 spiro atoms.